The van der Waals surface area contributed by atoms with Crippen molar-refractivity contribution in [2.45, 2.75) is 25.5 Å². The molecule has 136 valence electrons. The molecule has 8 heteroatoms. The highest BCUT2D eigenvalue weighted by Crippen LogP contribution is 2.50. The van der Waals surface area contributed by atoms with Gasteiger partial charge in [-0.2, -0.15) is 0 Å². The molecule has 0 saturated carbocycles. The number of amides is 2. The van der Waals surface area contributed by atoms with Gasteiger partial charge in [0.25, 0.3) is 5.91 Å². The van der Waals surface area contributed by atoms with E-state index in [0.717, 1.165) is 0 Å². The Morgan fingerprint density at radius 1 is 1.38 bits per heavy atom. The number of fused-ring (bicyclic) bond motifs is 3. The van der Waals surface area contributed by atoms with Gasteiger partial charge in [0.2, 0.25) is 5.91 Å². The lowest BCUT2D eigenvalue weighted by Gasteiger charge is -2.47. The standard InChI is InChI=1S/C18H19N3O5/c1-9(22)13-14-11-4-6-20(16(23)10-3-2-5-19-7-10)8-12(11)15(18(25)26)21(14)17(13)24/h2-3,5,7,9,11,13-14,22H,4,6,8H2,1H3,(H,25,26)/t9-,11+,13-,14-/m1/s1. The Balaban J connectivity index is 1.65. The van der Waals surface area contributed by atoms with Crippen LogP contribution in [0.2, 0.25) is 0 Å². The van der Waals surface area contributed by atoms with Crippen LogP contribution in [-0.2, 0) is 9.59 Å². The van der Waals surface area contributed by atoms with Crippen molar-refractivity contribution in [3.05, 3.63) is 41.4 Å². The van der Waals surface area contributed by atoms with Gasteiger partial charge < -0.3 is 20.0 Å². The zero-order chi connectivity index (χ0) is 18.6. The van der Waals surface area contributed by atoms with Gasteiger partial charge in [-0.25, -0.2) is 4.79 Å². The largest absolute Gasteiger partial charge is 0.477 e. The summed E-state index contributed by atoms with van der Waals surface area (Å²) in [4.78, 5) is 43.7. The van der Waals surface area contributed by atoms with Crippen LogP contribution in [0.4, 0.5) is 0 Å². The number of aliphatic hydroxyl groups excluding tert-OH is 1. The van der Waals surface area contributed by atoms with Crippen molar-refractivity contribution in [1.82, 2.24) is 14.8 Å². The van der Waals surface area contributed by atoms with E-state index in [4.69, 9.17) is 0 Å². The molecule has 26 heavy (non-hydrogen) atoms. The van der Waals surface area contributed by atoms with Gasteiger partial charge in [0.05, 0.1) is 23.6 Å². The highest BCUT2D eigenvalue weighted by molar-refractivity contribution is 6.00. The molecule has 2 fully saturated rings. The number of carboxylic acid groups (broad SMARTS) is 1. The molecule has 2 N–H and O–H groups in total. The predicted octanol–water partition coefficient (Wildman–Crippen LogP) is 0.104. The number of carbonyl (C=O) groups excluding carboxylic acids is 2. The molecule has 4 rings (SSSR count). The van der Waals surface area contributed by atoms with Crippen LogP contribution in [0.5, 0.6) is 0 Å². The van der Waals surface area contributed by atoms with Crippen molar-refractivity contribution in [3.63, 3.8) is 0 Å². The Kier molecular flexibility index (Phi) is 3.80. The molecule has 0 aliphatic carbocycles. The number of piperidine rings is 1. The van der Waals surface area contributed by atoms with Crippen LogP contribution in [0.15, 0.2) is 35.8 Å². The Hall–Kier alpha value is -2.74. The fraction of sp³-hybridized carbons (Fsp3) is 0.444. The Morgan fingerprint density at radius 2 is 2.15 bits per heavy atom. The Morgan fingerprint density at radius 3 is 2.77 bits per heavy atom. The number of likely N-dealkylation sites (tertiary alicyclic amines) is 1. The Bertz CT molecular complexity index is 819. The Labute approximate surface area is 149 Å². The number of carbonyl (C=O) groups is 3. The van der Waals surface area contributed by atoms with Crippen molar-refractivity contribution < 1.29 is 24.6 Å². The molecule has 3 aliphatic heterocycles. The summed E-state index contributed by atoms with van der Waals surface area (Å²) in [6.45, 7) is 2.20. The van der Waals surface area contributed by atoms with Gasteiger partial charge in [-0.15, -0.1) is 0 Å². The van der Waals surface area contributed by atoms with Gasteiger partial charge in [-0.3, -0.25) is 14.6 Å². The normalized spacial score (nSPS) is 28.4. The van der Waals surface area contributed by atoms with Crippen LogP contribution in [0.1, 0.15) is 23.7 Å². The van der Waals surface area contributed by atoms with Gasteiger partial charge in [0.15, 0.2) is 0 Å². The van der Waals surface area contributed by atoms with E-state index in [0.29, 0.717) is 24.1 Å². The lowest BCUT2D eigenvalue weighted by atomic mass is 9.74. The fourth-order valence-corrected chi connectivity index (χ4v) is 4.45. The first kappa shape index (κ1) is 16.7. The molecular weight excluding hydrogens is 338 g/mol. The summed E-state index contributed by atoms with van der Waals surface area (Å²) in [5, 5.41) is 19.5. The number of carboxylic acids is 1. The van der Waals surface area contributed by atoms with E-state index in [1.54, 1.807) is 30.2 Å². The summed E-state index contributed by atoms with van der Waals surface area (Å²) in [5.74, 6) is -2.43. The van der Waals surface area contributed by atoms with Crippen LogP contribution in [-0.4, -0.2) is 68.0 Å². The van der Waals surface area contributed by atoms with Crippen molar-refractivity contribution in [2.75, 3.05) is 13.1 Å². The number of aliphatic hydroxyl groups is 1. The number of rotatable bonds is 3. The smallest absolute Gasteiger partial charge is 0.352 e. The minimum atomic E-state index is -1.17. The van der Waals surface area contributed by atoms with Crippen LogP contribution >= 0.6 is 0 Å². The molecule has 0 bridgehead atoms. The first-order valence-electron chi connectivity index (χ1n) is 8.58. The molecule has 0 aromatic carbocycles. The molecule has 0 spiro atoms. The summed E-state index contributed by atoms with van der Waals surface area (Å²) in [6, 6.07) is 3.03. The predicted molar refractivity (Wildman–Crippen MR) is 88.7 cm³/mol. The molecule has 3 aliphatic rings. The second kappa shape index (κ2) is 5.91. The van der Waals surface area contributed by atoms with Crippen LogP contribution in [0, 0.1) is 11.8 Å². The molecule has 8 nitrogen and oxygen atoms in total. The molecule has 1 aromatic heterocycles. The summed E-state index contributed by atoms with van der Waals surface area (Å²) >= 11 is 0. The lowest BCUT2D eigenvalue weighted by Crippen LogP contribution is -2.64. The van der Waals surface area contributed by atoms with Crippen LogP contribution < -0.4 is 0 Å². The molecule has 4 heterocycles. The number of aliphatic carboxylic acids is 1. The molecule has 1 aromatic rings. The van der Waals surface area contributed by atoms with E-state index >= 15 is 0 Å². The second-order valence-electron chi connectivity index (χ2n) is 7.01. The van der Waals surface area contributed by atoms with Crippen LogP contribution in [0.25, 0.3) is 0 Å². The van der Waals surface area contributed by atoms with E-state index in [1.807, 2.05) is 0 Å². The molecule has 0 radical (unpaired) electrons. The van der Waals surface area contributed by atoms with Crippen LogP contribution in [0.3, 0.4) is 0 Å². The fourth-order valence-electron chi connectivity index (χ4n) is 4.45. The zero-order valence-electron chi connectivity index (χ0n) is 14.2. The highest BCUT2D eigenvalue weighted by Gasteiger charge is 2.61. The monoisotopic (exact) mass is 357 g/mol. The van der Waals surface area contributed by atoms with E-state index < -0.39 is 18.0 Å². The third-order valence-electron chi connectivity index (χ3n) is 5.58. The average molecular weight is 357 g/mol. The first-order chi connectivity index (χ1) is 12.4. The summed E-state index contributed by atoms with van der Waals surface area (Å²) < 4.78 is 0. The van der Waals surface area contributed by atoms with Gasteiger partial charge in [-0.05, 0) is 31.1 Å². The molecular formula is C18H19N3O5. The highest BCUT2D eigenvalue weighted by atomic mass is 16.4. The number of hydrogen-bond donors (Lipinski definition) is 2. The third-order valence-corrected chi connectivity index (χ3v) is 5.58. The van der Waals surface area contributed by atoms with E-state index in [-0.39, 0.29) is 36.0 Å². The number of hydrogen-bond acceptors (Lipinski definition) is 5. The third kappa shape index (κ3) is 2.25. The first-order valence-corrected chi connectivity index (χ1v) is 8.58. The topological polar surface area (TPSA) is 111 Å². The van der Waals surface area contributed by atoms with Gasteiger partial charge in [0, 0.05) is 31.4 Å². The zero-order valence-corrected chi connectivity index (χ0v) is 14.2. The number of β-lactam (4-membered cyclic amide) rings is 1. The molecule has 2 saturated heterocycles. The van der Waals surface area contributed by atoms with Gasteiger partial charge >= 0.3 is 5.97 Å². The molecule has 0 unspecified atom stereocenters. The van der Waals surface area contributed by atoms with Gasteiger partial charge in [0.1, 0.15) is 5.70 Å². The SMILES string of the molecule is C[C@@H](O)[C@H]1C(=O)N2C(C(=O)O)=C3CN(C(=O)c4cccnc4)CC[C@@H]3[C@H]12. The van der Waals surface area contributed by atoms with E-state index in [2.05, 4.69) is 4.98 Å². The maximum absolute atomic E-state index is 12.7. The summed E-state index contributed by atoms with van der Waals surface area (Å²) in [5.41, 5.74) is 1.02. The minimum absolute atomic E-state index is 0.0226. The van der Waals surface area contributed by atoms with E-state index in [9.17, 15) is 24.6 Å². The number of aromatic nitrogens is 1. The van der Waals surface area contributed by atoms with Gasteiger partial charge in [-0.1, -0.05) is 0 Å². The quantitative estimate of drug-likeness (QED) is 0.743. The van der Waals surface area contributed by atoms with Crippen molar-refractivity contribution >= 4 is 17.8 Å². The summed E-state index contributed by atoms with van der Waals surface area (Å²) in [7, 11) is 0. The van der Waals surface area contributed by atoms with E-state index in [1.165, 1.54) is 11.1 Å². The van der Waals surface area contributed by atoms with Crippen molar-refractivity contribution in [3.8, 4) is 0 Å². The average Bonchev–Trinajstić information content (AvgIpc) is 2.91. The summed E-state index contributed by atoms with van der Waals surface area (Å²) in [6.07, 6.45) is 2.80. The maximum atomic E-state index is 12.7. The lowest BCUT2D eigenvalue weighted by molar-refractivity contribution is -0.163. The second-order valence-corrected chi connectivity index (χ2v) is 7.01. The van der Waals surface area contributed by atoms with Crippen molar-refractivity contribution in [2.24, 2.45) is 11.8 Å². The van der Waals surface area contributed by atoms with Crippen molar-refractivity contribution in [1.29, 1.82) is 0 Å². The molecule has 2 amide bonds. The molecule has 4 atom stereocenters. The minimum Gasteiger partial charge on any atom is -0.477 e. The maximum Gasteiger partial charge on any atom is 0.352 e. The number of pyridine rings is 1. The number of nitrogens with zero attached hydrogens (tertiary/aromatic N) is 3.